The lowest BCUT2D eigenvalue weighted by Gasteiger charge is -2.27. The van der Waals surface area contributed by atoms with Gasteiger partial charge in [0.05, 0.1) is 25.0 Å². The number of aliphatic hydroxyl groups is 1. The number of H-pyrrole nitrogens is 1. The average Bonchev–Trinajstić information content (AvgIpc) is 4.08. The molecule has 0 bridgehead atoms. The van der Waals surface area contributed by atoms with Crippen LogP contribution in [0, 0.1) is 5.41 Å². The number of aliphatic imine (C=N–C) groups is 2. The van der Waals surface area contributed by atoms with Crippen molar-refractivity contribution in [3.63, 3.8) is 0 Å². The Labute approximate surface area is 423 Å². The minimum absolute atomic E-state index is 0.0258. The van der Waals surface area contributed by atoms with Crippen LogP contribution in [0.1, 0.15) is 89.7 Å². The number of hydrogen-bond acceptors (Lipinski definition) is 17. The minimum atomic E-state index is -1.57. The molecule has 29 nitrogen and oxygen atoms in total. The number of aromatic nitrogens is 2. The molecule has 1 saturated heterocycles. The third kappa shape index (κ3) is 22.7. The van der Waals surface area contributed by atoms with Crippen LogP contribution in [0.3, 0.4) is 0 Å². The number of primary amides is 1. The number of aromatic amines is 1. The molecule has 1 aliphatic rings. The fourth-order valence-corrected chi connectivity index (χ4v) is 7.37. The number of hydrogen-bond donors (Lipinski definition) is 16. The highest BCUT2D eigenvalue weighted by molar-refractivity contribution is 6.41. The number of guanidine groups is 1. The van der Waals surface area contributed by atoms with E-state index < -0.39 is 109 Å². The van der Waals surface area contributed by atoms with Gasteiger partial charge in [0.2, 0.25) is 29.5 Å². The van der Waals surface area contributed by atoms with Crippen LogP contribution in [-0.4, -0.2) is 186 Å². The van der Waals surface area contributed by atoms with Gasteiger partial charge in [0.25, 0.3) is 23.6 Å². The fourth-order valence-electron chi connectivity index (χ4n) is 7.37. The summed E-state index contributed by atoms with van der Waals surface area (Å²) >= 11 is 0. The summed E-state index contributed by atoms with van der Waals surface area (Å²) in [5.41, 5.74) is 33.5. The number of unbranched alkanes of at least 4 members (excludes halogenated alkanes) is 2. The van der Waals surface area contributed by atoms with Crippen LogP contribution >= 0.6 is 0 Å². The summed E-state index contributed by atoms with van der Waals surface area (Å²) in [5, 5.41) is 35.7. The highest BCUT2D eigenvalue weighted by Gasteiger charge is 2.38. The molecule has 2 rings (SSSR count). The van der Waals surface area contributed by atoms with E-state index in [9.17, 15) is 48.3 Å². The number of aliphatic hydroxyl groups excluding tert-OH is 1. The Balaban J connectivity index is 2.26. The Morgan fingerprint density at radius 2 is 1.52 bits per heavy atom. The maximum absolute atomic E-state index is 14.1. The van der Waals surface area contributed by atoms with E-state index in [1.165, 1.54) is 24.3 Å². The van der Waals surface area contributed by atoms with Gasteiger partial charge in [0, 0.05) is 37.9 Å². The van der Waals surface area contributed by atoms with Gasteiger partial charge in [-0.1, -0.05) is 6.42 Å². The molecule has 0 aliphatic carbocycles. The first-order chi connectivity index (χ1) is 34.8. The van der Waals surface area contributed by atoms with Crippen LogP contribution in [0.15, 0.2) is 22.5 Å². The van der Waals surface area contributed by atoms with Gasteiger partial charge < -0.3 is 86.6 Å². The summed E-state index contributed by atoms with van der Waals surface area (Å²) in [4.78, 5) is 136. The van der Waals surface area contributed by atoms with Gasteiger partial charge in [0.15, 0.2) is 5.96 Å². The molecule has 29 heteroatoms. The molecule has 0 radical (unpaired) electrons. The number of nitrogens with two attached hydrogens (primary N) is 6. The minimum Gasteiger partial charge on any atom is -0.389 e. The molecule has 73 heavy (non-hydrogen) atoms. The zero-order valence-corrected chi connectivity index (χ0v) is 41.7. The summed E-state index contributed by atoms with van der Waals surface area (Å²) in [6.07, 6.45) is 4.67. The Morgan fingerprint density at radius 1 is 0.822 bits per heavy atom. The SMILES string of the molecule is CNCCCC[C@H](NC(=O)[C@H](Cc1cnc[nH]1)NC(=O)[C@@H]1CCCN1C(=O)/C(CCCN)=N/C(=O)CNC(=O)[C@H](C)NC(=O)[C@@H](NC(=O)[C@@H](N)CCCCN)[C@@H](O)CN)C(=O)/N=C(\CCCNC(=N)N)C(N)=O. The molecule has 2 heterocycles. The Bertz CT molecular complexity index is 2070. The van der Waals surface area contributed by atoms with E-state index in [1.807, 2.05) is 0 Å². The van der Waals surface area contributed by atoms with E-state index in [4.69, 9.17) is 39.8 Å². The number of imidazole rings is 1. The lowest BCUT2D eigenvalue weighted by atomic mass is 10.1. The quantitative estimate of drug-likeness (QED) is 0.0173. The van der Waals surface area contributed by atoms with Crippen LogP contribution in [0.2, 0.25) is 0 Å². The van der Waals surface area contributed by atoms with E-state index >= 15 is 0 Å². The summed E-state index contributed by atoms with van der Waals surface area (Å²) in [6, 6.07) is -7.58. The van der Waals surface area contributed by atoms with Crippen molar-refractivity contribution < 1.29 is 48.3 Å². The first kappa shape index (κ1) is 62.3. The van der Waals surface area contributed by atoms with E-state index in [1.54, 1.807) is 7.05 Å². The topological polar surface area (TPSA) is 495 Å². The second-order valence-electron chi connectivity index (χ2n) is 17.3. The van der Waals surface area contributed by atoms with Gasteiger partial charge in [-0.05, 0) is 104 Å². The molecule has 408 valence electrons. The average molecular weight is 1030 g/mol. The number of carbonyl (C=O) groups excluding carboxylic acids is 9. The number of nitrogens with one attached hydrogen (secondary N) is 9. The Kier molecular flexibility index (Phi) is 28.8. The molecular weight excluding hydrogens is 955 g/mol. The normalized spacial score (nSPS) is 16.2. The zero-order chi connectivity index (χ0) is 54.5. The van der Waals surface area contributed by atoms with Crippen molar-refractivity contribution in [2.45, 2.75) is 133 Å². The van der Waals surface area contributed by atoms with Crippen LogP contribution < -0.4 is 71.6 Å². The maximum Gasteiger partial charge on any atom is 0.269 e. The van der Waals surface area contributed by atoms with Gasteiger partial charge in [-0.15, -0.1) is 0 Å². The maximum atomic E-state index is 14.1. The lowest BCUT2D eigenvalue weighted by molar-refractivity contribution is -0.136. The van der Waals surface area contributed by atoms with E-state index in [2.05, 4.69) is 57.2 Å². The van der Waals surface area contributed by atoms with Gasteiger partial charge in [-0.3, -0.25) is 48.6 Å². The van der Waals surface area contributed by atoms with Crippen molar-refractivity contribution >= 4 is 70.5 Å². The number of carbonyl (C=O) groups is 9. The largest absolute Gasteiger partial charge is 0.389 e. The Morgan fingerprint density at radius 3 is 2.15 bits per heavy atom. The molecule has 1 aromatic heterocycles. The zero-order valence-electron chi connectivity index (χ0n) is 41.7. The van der Waals surface area contributed by atoms with E-state index in [-0.39, 0.29) is 88.4 Å². The van der Waals surface area contributed by atoms with Gasteiger partial charge in [-0.2, -0.15) is 0 Å². The molecule has 22 N–H and O–H groups in total. The third-order valence-corrected chi connectivity index (χ3v) is 11.5. The summed E-state index contributed by atoms with van der Waals surface area (Å²) < 4.78 is 0. The first-order valence-corrected chi connectivity index (χ1v) is 24.3. The van der Waals surface area contributed by atoms with Crippen molar-refractivity contribution in [2.75, 3.05) is 52.9 Å². The van der Waals surface area contributed by atoms with Gasteiger partial charge in [0.1, 0.15) is 41.6 Å². The van der Waals surface area contributed by atoms with Crippen molar-refractivity contribution in [1.29, 1.82) is 5.41 Å². The van der Waals surface area contributed by atoms with Crippen LogP contribution in [0.25, 0.3) is 0 Å². The van der Waals surface area contributed by atoms with Crippen molar-refractivity contribution in [3.05, 3.63) is 18.2 Å². The molecule has 1 fully saturated rings. The van der Waals surface area contributed by atoms with E-state index in [0.29, 0.717) is 50.9 Å². The fraction of sp³-hybridized carbons (Fsp3) is 0.659. The highest BCUT2D eigenvalue weighted by atomic mass is 16.3. The second-order valence-corrected chi connectivity index (χ2v) is 17.3. The molecule has 0 unspecified atom stereocenters. The Hall–Kier alpha value is -6.79. The monoisotopic (exact) mass is 1030 g/mol. The van der Waals surface area contributed by atoms with Gasteiger partial charge in [-0.25, -0.2) is 15.0 Å². The highest BCUT2D eigenvalue weighted by Crippen LogP contribution is 2.20. The molecular formula is C44H77N19O10. The summed E-state index contributed by atoms with van der Waals surface area (Å²) in [5.74, 6) is -7.86. The van der Waals surface area contributed by atoms with Gasteiger partial charge >= 0.3 is 0 Å². The number of likely N-dealkylation sites (tertiary alicyclic amines) is 1. The van der Waals surface area contributed by atoms with Crippen molar-refractivity contribution in [3.8, 4) is 0 Å². The van der Waals surface area contributed by atoms with E-state index in [0.717, 1.165) is 0 Å². The molecule has 0 saturated carbocycles. The smallest absolute Gasteiger partial charge is 0.269 e. The standard InChI is InChI=1S/C44H77N19O10/c1-25(57-42(72)35(33(64)21-47)62-38(68)27(48)10-3-5-15-45)37(67)55-23-34(65)58-30(12-7-16-46)43(73)63-19-9-14-32(63)41(71)61-31(20-26-22-53-24-56-26)40(70)60-29(11-4-6-17-52-2)39(69)59-28(36(49)66)13-8-18-54-44(50)51/h22,24-25,27,29,31-33,35,52,64H,3-21,23,45-48H2,1-2H3,(H2,49,66)(H,53,56)(H,55,67)(H,57,72)(H,60,70)(H,61,71)(H,62,68)(H4,50,51,54)/b58-30+,59-28+/t25-,27-,29-,31-,32-,33-,35-/m0/s1. The molecule has 1 aliphatic heterocycles. The predicted molar refractivity (Wildman–Crippen MR) is 269 cm³/mol. The molecule has 0 spiro atoms. The van der Waals surface area contributed by atoms with Crippen molar-refractivity contribution in [2.24, 2.45) is 44.4 Å². The van der Waals surface area contributed by atoms with Crippen molar-refractivity contribution in [1.82, 2.24) is 52.1 Å². The van der Waals surface area contributed by atoms with Crippen LogP contribution in [0.4, 0.5) is 0 Å². The number of amides is 9. The number of rotatable bonds is 34. The lowest BCUT2D eigenvalue weighted by Crippen LogP contribution is -2.60. The van der Waals surface area contributed by atoms with Crippen LogP contribution in [-0.2, 0) is 49.6 Å². The third-order valence-electron chi connectivity index (χ3n) is 11.5. The first-order valence-electron chi connectivity index (χ1n) is 24.3. The molecule has 0 aromatic carbocycles. The molecule has 7 atom stereocenters. The molecule has 9 amide bonds. The second kappa shape index (κ2) is 33.8. The summed E-state index contributed by atoms with van der Waals surface area (Å²) in [6.45, 7) is 1.53. The molecule has 1 aromatic rings. The summed E-state index contributed by atoms with van der Waals surface area (Å²) in [7, 11) is 1.76. The number of nitrogens with zero attached hydrogens (tertiary/aromatic N) is 4. The predicted octanol–water partition coefficient (Wildman–Crippen LogP) is -6.39. The van der Waals surface area contributed by atoms with Crippen LogP contribution in [0.5, 0.6) is 0 Å².